The number of hydrogen-bond acceptors (Lipinski definition) is 7. The van der Waals surface area contributed by atoms with Crippen LogP contribution in [0.2, 0.25) is 0 Å². The molecule has 2 N–H and O–H groups in total. The minimum atomic E-state index is -0.435. The lowest BCUT2D eigenvalue weighted by Crippen LogP contribution is -2.25. The Morgan fingerprint density at radius 2 is 2.00 bits per heavy atom. The summed E-state index contributed by atoms with van der Waals surface area (Å²) in [5.41, 5.74) is 2.04. The average Bonchev–Trinajstić information content (AvgIpc) is 2.75. The van der Waals surface area contributed by atoms with Crippen LogP contribution in [-0.4, -0.2) is 58.5 Å². The van der Waals surface area contributed by atoms with Gasteiger partial charge in [-0.2, -0.15) is 0 Å². The molecular weight excluding hydrogens is 370 g/mol. The van der Waals surface area contributed by atoms with Gasteiger partial charge in [0.25, 0.3) is 0 Å². The zero-order valence-corrected chi connectivity index (χ0v) is 17.3. The van der Waals surface area contributed by atoms with Gasteiger partial charge < -0.3 is 19.8 Å². The number of benzene rings is 1. The number of hydrogen-bond donors (Lipinski definition) is 2. The molecule has 0 aliphatic carbocycles. The standard InChI is InChI=1S/C22H29N3O4/c1-4-25(5-2)11-8-12-29-22(28)18-9-6-7-10-20(18)24-14-19-17(15-26)13-23-16(3)21(19)27/h6-7,9-10,13-14,26-27H,4-5,8,11-12,15H2,1-3H3. The molecule has 1 aromatic heterocycles. The third-order valence-electron chi connectivity index (χ3n) is 4.73. The Morgan fingerprint density at radius 1 is 1.28 bits per heavy atom. The van der Waals surface area contributed by atoms with E-state index in [1.165, 1.54) is 12.4 Å². The number of aliphatic hydroxyl groups excluding tert-OH is 1. The molecule has 1 aromatic carbocycles. The Bertz CT molecular complexity index is 848. The summed E-state index contributed by atoms with van der Waals surface area (Å²) in [4.78, 5) is 23.2. The predicted octanol–water partition coefficient (Wildman–Crippen LogP) is 3.23. The molecule has 2 aromatic rings. The molecule has 0 fully saturated rings. The highest BCUT2D eigenvalue weighted by Gasteiger charge is 2.13. The molecule has 0 aliphatic rings. The summed E-state index contributed by atoms with van der Waals surface area (Å²) in [6.07, 6.45) is 3.69. The Hall–Kier alpha value is -2.77. The van der Waals surface area contributed by atoms with E-state index >= 15 is 0 Å². The van der Waals surface area contributed by atoms with E-state index in [-0.39, 0.29) is 12.4 Å². The van der Waals surface area contributed by atoms with Crippen molar-refractivity contribution in [2.24, 2.45) is 4.99 Å². The number of rotatable bonds is 10. The Kier molecular flexibility index (Phi) is 8.76. The Balaban J connectivity index is 2.12. The van der Waals surface area contributed by atoms with E-state index in [9.17, 15) is 15.0 Å². The molecule has 0 atom stereocenters. The second-order valence-corrected chi connectivity index (χ2v) is 6.58. The fourth-order valence-electron chi connectivity index (χ4n) is 2.89. The lowest BCUT2D eigenvalue weighted by Gasteiger charge is -2.17. The molecular formula is C22H29N3O4. The van der Waals surface area contributed by atoms with Gasteiger partial charge in [0.2, 0.25) is 0 Å². The summed E-state index contributed by atoms with van der Waals surface area (Å²) in [5, 5.41) is 19.7. The fraction of sp³-hybridized carbons (Fsp3) is 0.409. The van der Waals surface area contributed by atoms with Gasteiger partial charge in [-0.3, -0.25) is 9.98 Å². The lowest BCUT2D eigenvalue weighted by atomic mass is 10.1. The molecule has 156 valence electrons. The van der Waals surface area contributed by atoms with Gasteiger partial charge in [-0.1, -0.05) is 26.0 Å². The number of aromatic nitrogens is 1. The smallest absolute Gasteiger partial charge is 0.340 e. The summed E-state index contributed by atoms with van der Waals surface area (Å²) in [6.45, 7) is 8.76. The second kappa shape index (κ2) is 11.3. The highest BCUT2D eigenvalue weighted by molar-refractivity contribution is 5.97. The van der Waals surface area contributed by atoms with E-state index in [1.807, 2.05) is 0 Å². The first kappa shape index (κ1) is 22.5. The normalized spacial score (nSPS) is 11.3. The number of carbonyl (C=O) groups excluding carboxylic acids is 1. The third kappa shape index (κ3) is 6.10. The number of nitrogens with zero attached hydrogens (tertiary/aromatic N) is 3. The van der Waals surface area contributed by atoms with Crippen molar-refractivity contribution in [2.75, 3.05) is 26.2 Å². The number of aliphatic imine (C=N–C) groups is 1. The van der Waals surface area contributed by atoms with Gasteiger partial charge in [0, 0.05) is 30.1 Å². The van der Waals surface area contributed by atoms with Crippen LogP contribution in [0.1, 0.15) is 47.4 Å². The van der Waals surface area contributed by atoms with E-state index in [2.05, 4.69) is 28.7 Å². The van der Waals surface area contributed by atoms with E-state index < -0.39 is 5.97 Å². The number of pyridine rings is 1. The van der Waals surface area contributed by atoms with Crippen LogP contribution in [0.25, 0.3) is 0 Å². The highest BCUT2D eigenvalue weighted by Crippen LogP contribution is 2.25. The zero-order chi connectivity index (χ0) is 21.2. The maximum absolute atomic E-state index is 12.5. The van der Waals surface area contributed by atoms with Crippen molar-refractivity contribution in [3.05, 3.63) is 52.8 Å². The molecule has 0 saturated heterocycles. The topological polar surface area (TPSA) is 95.2 Å². The number of aliphatic hydroxyl groups is 1. The van der Waals surface area contributed by atoms with Crippen LogP contribution >= 0.6 is 0 Å². The van der Waals surface area contributed by atoms with Crippen LogP contribution in [-0.2, 0) is 11.3 Å². The molecule has 7 heteroatoms. The summed E-state index contributed by atoms with van der Waals surface area (Å²) in [7, 11) is 0. The quantitative estimate of drug-likeness (QED) is 0.362. The second-order valence-electron chi connectivity index (χ2n) is 6.58. The van der Waals surface area contributed by atoms with Crippen molar-refractivity contribution in [3.8, 4) is 5.75 Å². The van der Waals surface area contributed by atoms with Crippen LogP contribution in [0, 0.1) is 6.92 Å². The van der Waals surface area contributed by atoms with Crippen molar-refractivity contribution in [1.82, 2.24) is 9.88 Å². The van der Waals surface area contributed by atoms with Crippen molar-refractivity contribution >= 4 is 17.9 Å². The predicted molar refractivity (Wildman–Crippen MR) is 113 cm³/mol. The van der Waals surface area contributed by atoms with Crippen molar-refractivity contribution in [3.63, 3.8) is 0 Å². The maximum Gasteiger partial charge on any atom is 0.340 e. The Labute approximate surface area is 171 Å². The van der Waals surface area contributed by atoms with Gasteiger partial charge in [-0.15, -0.1) is 0 Å². The first-order valence-electron chi connectivity index (χ1n) is 9.82. The van der Waals surface area contributed by atoms with Crippen molar-refractivity contribution < 1.29 is 19.7 Å². The molecule has 0 amide bonds. The van der Waals surface area contributed by atoms with Crippen LogP contribution in [0.15, 0.2) is 35.5 Å². The number of carbonyl (C=O) groups is 1. The highest BCUT2D eigenvalue weighted by atomic mass is 16.5. The number of ether oxygens (including phenoxy) is 1. The SMILES string of the molecule is CCN(CC)CCCOC(=O)c1ccccc1N=Cc1c(CO)cnc(C)c1O. The summed E-state index contributed by atoms with van der Waals surface area (Å²) in [5.74, 6) is -0.480. The van der Waals surface area contributed by atoms with Gasteiger partial charge in [-0.05, 0) is 38.6 Å². The van der Waals surface area contributed by atoms with Crippen LogP contribution in [0.3, 0.4) is 0 Å². The van der Waals surface area contributed by atoms with E-state index in [0.29, 0.717) is 34.7 Å². The number of aryl methyl sites for hydroxylation is 1. The third-order valence-corrected chi connectivity index (χ3v) is 4.73. The van der Waals surface area contributed by atoms with E-state index in [1.54, 1.807) is 31.2 Å². The lowest BCUT2D eigenvalue weighted by molar-refractivity contribution is 0.0490. The minimum Gasteiger partial charge on any atom is -0.505 e. The zero-order valence-electron chi connectivity index (χ0n) is 17.3. The first-order chi connectivity index (χ1) is 14.0. The van der Waals surface area contributed by atoms with Gasteiger partial charge in [0.05, 0.1) is 30.2 Å². The molecule has 0 aliphatic heterocycles. The summed E-state index contributed by atoms with van der Waals surface area (Å²) >= 11 is 0. The number of aromatic hydroxyl groups is 1. The molecule has 29 heavy (non-hydrogen) atoms. The molecule has 0 unspecified atom stereocenters. The summed E-state index contributed by atoms with van der Waals surface area (Å²) < 4.78 is 5.41. The molecule has 0 bridgehead atoms. The summed E-state index contributed by atoms with van der Waals surface area (Å²) in [6, 6.07) is 6.88. The molecule has 1 heterocycles. The number of para-hydroxylation sites is 1. The average molecular weight is 399 g/mol. The number of esters is 1. The molecule has 0 saturated carbocycles. The maximum atomic E-state index is 12.5. The monoisotopic (exact) mass is 399 g/mol. The van der Waals surface area contributed by atoms with Gasteiger partial charge in [0.1, 0.15) is 5.75 Å². The molecule has 0 radical (unpaired) electrons. The molecule has 7 nitrogen and oxygen atoms in total. The van der Waals surface area contributed by atoms with Crippen molar-refractivity contribution in [1.29, 1.82) is 0 Å². The van der Waals surface area contributed by atoms with Gasteiger partial charge in [-0.25, -0.2) is 4.79 Å². The van der Waals surface area contributed by atoms with Crippen molar-refractivity contribution in [2.45, 2.75) is 33.8 Å². The van der Waals surface area contributed by atoms with Gasteiger partial charge in [0.15, 0.2) is 0 Å². The fourth-order valence-corrected chi connectivity index (χ4v) is 2.89. The minimum absolute atomic E-state index is 0.0447. The van der Waals surface area contributed by atoms with E-state index in [4.69, 9.17) is 4.74 Å². The molecule has 0 spiro atoms. The van der Waals surface area contributed by atoms with Gasteiger partial charge >= 0.3 is 5.97 Å². The molecule has 2 rings (SSSR count). The first-order valence-corrected chi connectivity index (χ1v) is 9.82. The van der Waals surface area contributed by atoms with Crippen LogP contribution in [0.5, 0.6) is 5.75 Å². The Morgan fingerprint density at radius 3 is 2.69 bits per heavy atom. The van der Waals surface area contributed by atoms with Crippen LogP contribution < -0.4 is 0 Å². The van der Waals surface area contributed by atoms with E-state index in [0.717, 1.165) is 26.1 Å². The largest absolute Gasteiger partial charge is 0.505 e. The van der Waals surface area contributed by atoms with Crippen LogP contribution in [0.4, 0.5) is 5.69 Å².